The molecule has 0 saturated carbocycles. The monoisotopic (exact) mass is 304 g/mol. The number of hydrogen-bond acceptors (Lipinski definition) is 5. The van der Waals surface area contributed by atoms with E-state index in [4.69, 9.17) is 4.74 Å². The Morgan fingerprint density at radius 3 is 3.05 bits per heavy atom. The second-order valence-corrected chi connectivity index (χ2v) is 5.65. The third kappa shape index (κ3) is 5.19. The lowest BCUT2D eigenvalue weighted by molar-refractivity contribution is -0.142. The van der Waals surface area contributed by atoms with Gasteiger partial charge < -0.3 is 10.1 Å². The van der Waals surface area contributed by atoms with Crippen molar-refractivity contribution in [2.24, 2.45) is 0 Å². The molecule has 0 radical (unpaired) electrons. The number of thiazole rings is 1. The maximum absolute atomic E-state index is 11.4. The lowest BCUT2D eigenvalue weighted by Gasteiger charge is -2.04. The van der Waals surface area contributed by atoms with Crippen molar-refractivity contribution in [3.63, 3.8) is 0 Å². The third-order valence-electron chi connectivity index (χ3n) is 2.95. The Balaban J connectivity index is 1.79. The van der Waals surface area contributed by atoms with E-state index in [9.17, 15) is 4.79 Å². The number of esters is 1. The van der Waals surface area contributed by atoms with E-state index in [1.165, 1.54) is 22.5 Å². The Labute approximate surface area is 129 Å². The summed E-state index contributed by atoms with van der Waals surface area (Å²) >= 11 is 1.52. The number of hydrogen-bond donors (Lipinski definition) is 1. The summed E-state index contributed by atoms with van der Waals surface area (Å²) in [5.74, 6) is -0.228. The minimum Gasteiger partial charge on any atom is -0.466 e. The van der Waals surface area contributed by atoms with Crippen molar-refractivity contribution in [1.29, 1.82) is 0 Å². The lowest BCUT2D eigenvalue weighted by atomic mass is 10.1. The summed E-state index contributed by atoms with van der Waals surface area (Å²) in [7, 11) is 0. The Bertz CT molecular complexity index is 595. The quantitative estimate of drug-likeness (QED) is 0.798. The number of nitrogens with one attached hydrogen (secondary N) is 1. The van der Waals surface area contributed by atoms with Crippen molar-refractivity contribution in [2.45, 2.75) is 26.7 Å². The number of anilines is 1. The lowest BCUT2D eigenvalue weighted by Crippen LogP contribution is -2.08. The molecule has 0 spiro atoms. The summed E-state index contributed by atoms with van der Waals surface area (Å²) in [6, 6.07) is 8.49. The summed E-state index contributed by atoms with van der Waals surface area (Å²) in [5, 5.41) is 6.04. The van der Waals surface area contributed by atoms with Crippen LogP contribution in [0.2, 0.25) is 0 Å². The first-order valence-electron chi connectivity index (χ1n) is 7.07. The Hall–Kier alpha value is -1.88. The normalized spacial score (nSPS) is 10.4. The van der Waals surface area contributed by atoms with Gasteiger partial charge in [0.2, 0.25) is 0 Å². The van der Waals surface area contributed by atoms with Crippen molar-refractivity contribution in [2.75, 3.05) is 18.5 Å². The molecular formula is C16H20N2O2S. The number of carbonyl (C=O) groups is 1. The zero-order chi connectivity index (χ0) is 15.1. The van der Waals surface area contributed by atoms with Crippen LogP contribution in [0.5, 0.6) is 0 Å². The summed E-state index contributed by atoms with van der Waals surface area (Å²) in [5.41, 5.74) is 3.35. The molecule has 0 bridgehead atoms. The molecule has 1 heterocycles. The molecule has 0 aliphatic rings. The van der Waals surface area contributed by atoms with Gasteiger partial charge in [-0.2, -0.15) is 0 Å². The average molecular weight is 304 g/mol. The van der Waals surface area contributed by atoms with E-state index in [0.29, 0.717) is 6.61 Å². The van der Waals surface area contributed by atoms with Gasteiger partial charge in [0.15, 0.2) is 5.13 Å². The van der Waals surface area contributed by atoms with Gasteiger partial charge in [0.1, 0.15) is 0 Å². The highest BCUT2D eigenvalue weighted by Crippen LogP contribution is 2.16. The standard InChI is InChI=1S/C16H20N2O2S/c1-3-20-15(19)10-14-11-21-16(18-14)17-8-7-13-6-4-5-12(2)9-13/h4-6,9,11H,3,7-8,10H2,1-2H3,(H,17,18). The van der Waals surface area contributed by atoms with Gasteiger partial charge in [-0.3, -0.25) is 4.79 Å². The van der Waals surface area contributed by atoms with E-state index >= 15 is 0 Å². The number of benzene rings is 1. The molecule has 0 aliphatic carbocycles. The second-order valence-electron chi connectivity index (χ2n) is 4.79. The Morgan fingerprint density at radius 1 is 1.43 bits per heavy atom. The first-order chi connectivity index (χ1) is 10.2. The van der Waals surface area contributed by atoms with Gasteiger partial charge >= 0.3 is 5.97 Å². The molecule has 0 atom stereocenters. The number of ether oxygens (including phenoxy) is 1. The van der Waals surface area contributed by atoms with E-state index < -0.39 is 0 Å². The fourth-order valence-corrected chi connectivity index (χ4v) is 2.75. The molecule has 21 heavy (non-hydrogen) atoms. The second kappa shape index (κ2) is 7.78. The molecule has 0 unspecified atom stereocenters. The van der Waals surface area contributed by atoms with Crippen LogP contribution in [0.3, 0.4) is 0 Å². The Morgan fingerprint density at radius 2 is 2.29 bits per heavy atom. The van der Waals surface area contributed by atoms with Gasteiger partial charge in [-0.15, -0.1) is 11.3 Å². The van der Waals surface area contributed by atoms with Gasteiger partial charge in [0, 0.05) is 11.9 Å². The maximum Gasteiger partial charge on any atom is 0.311 e. The number of rotatable bonds is 7. The molecule has 4 nitrogen and oxygen atoms in total. The summed E-state index contributed by atoms with van der Waals surface area (Å²) in [6.07, 6.45) is 1.19. The van der Waals surface area contributed by atoms with Crippen LogP contribution in [0.15, 0.2) is 29.6 Å². The zero-order valence-electron chi connectivity index (χ0n) is 12.4. The summed E-state index contributed by atoms with van der Waals surface area (Å²) in [6.45, 7) is 5.14. The molecule has 0 amide bonds. The largest absolute Gasteiger partial charge is 0.466 e. The molecule has 2 rings (SSSR count). The van der Waals surface area contributed by atoms with Crippen LogP contribution >= 0.6 is 11.3 Å². The maximum atomic E-state index is 11.4. The molecule has 112 valence electrons. The van der Waals surface area contributed by atoms with Gasteiger partial charge in [-0.25, -0.2) is 4.98 Å². The fraction of sp³-hybridized carbons (Fsp3) is 0.375. The average Bonchev–Trinajstić information content (AvgIpc) is 2.86. The summed E-state index contributed by atoms with van der Waals surface area (Å²) in [4.78, 5) is 15.8. The topological polar surface area (TPSA) is 51.2 Å². The molecular weight excluding hydrogens is 284 g/mol. The summed E-state index contributed by atoms with van der Waals surface area (Å²) < 4.78 is 4.91. The predicted molar refractivity (Wildman–Crippen MR) is 85.8 cm³/mol. The van der Waals surface area contributed by atoms with E-state index in [1.807, 2.05) is 5.38 Å². The molecule has 0 fully saturated rings. The highest BCUT2D eigenvalue weighted by molar-refractivity contribution is 7.13. The van der Waals surface area contributed by atoms with Crippen LogP contribution in [0.25, 0.3) is 0 Å². The molecule has 1 aromatic heterocycles. The molecule has 0 saturated heterocycles. The van der Waals surface area contributed by atoms with Crippen LogP contribution < -0.4 is 5.32 Å². The number of aromatic nitrogens is 1. The highest BCUT2D eigenvalue weighted by atomic mass is 32.1. The van der Waals surface area contributed by atoms with Crippen molar-refractivity contribution < 1.29 is 9.53 Å². The molecule has 0 aliphatic heterocycles. The van der Waals surface area contributed by atoms with Gasteiger partial charge in [0.25, 0.3) is 0 Å². The molecule has 1 N–H and O–H groups in total. The first-order valence-corrected chi connectivity index (χ1v) is 7.94. The predicted octanol–water partition coefficient (Wildman–Crippen LogP) is 3.21. The van der Waals surface area contributed by atoms with E-state index in [0.717, 1.165) is 23.8 Å². The first kappa shape index (κ1) is 15.5. The third-order valence-corrected chi connectivity index (χ3v) is 3.80. The van der Waals surface area contributed by atoms with Crippen LogP contribution in [0, 0.1) is 6.92 Å². The molecule has 1 aromatic carbocycles. The van der Waals surface area contributed by atoms with Crippen LogP contribution in [0.4, 0.5) is 5.13 Å². The van der Waals surface area contributed by atoms with E-state index in [1.54, 1.807) is 6.92 Å². The smallest absolute Gasteiger partial charge is 0.311 e. The molecule has 5 heteroatoms. The SMILES string of the molecule is CCOC(=O)Cc1csc(NCCc2cccc(C)c2)n1. The number of carbonyl (C=O) groups excluding carboxylic acids is 1. The van der Waals surface area contributed by atoms with E-state index in [-0.39, 0.29) is 12.4 Å². The number of aryl methyl sites for hydroxylation is 1. The van der Waals surface area contributed by atoms with Crippen LogP contribution in [-0.4, -0.2) is 24.1 Å². The minimum absolute atomic E-state index is 0.228. The van der Waals surface area contributed by atoms with Gasteiger partial charge in [-0.05, 0) is 25.8 Å². The highest BCUT2D eigenvalue weighted by Gasteiger charge is 2.08. The van der Waals surface area contributed by atoms with Crippen LogP contribution in [0.1, 0.15) is 23.7 Å². The van der Waals surface area contributed by atoms with E-state index in [2.05, 4.69) is 41.5 Å². The molecule has 2 aromatic rings. The van der Waals surface area contributed by atoms with Crippen molar-refractivity contribution >= 4 is 22.4 Å². The minimum atomic E-state index is -0.228. The Kier molecular flexibility index (Phi) is 5.75. The fourth-order valence-electron chi connectivity index (χ4n) is 2.01. The number of nitrogens with zero attached hydrogens (tertiary/aromatic N) is 1. The van der Waals surface area contributed by atoms with Crippen LogP contribution in [-0.2, 0) is 22.4 Å². The van der Waals surface area contributed by atoms with Gasteiger partial charge in [-0.1, -0.05) is 29.8 Å². The van der Waals surface area contributed by atoms with Crippen molar-refractivity contribution in [1.82, 2.24) is 4.98 Å². The van der Waals surface area contributed by atoms with Gasteiger partial charge in [0.05, 0.1) is 18.7 Å². The zero-order valence-corrected chi connectivity index (χ0v) is 13.2. The van der Waals surface area contributed by atoms with Crippen molar-refractivity contribution in [3.8, 4) is 0 Å². The van der Waals surface area contributed by atoms with Crippen molar-refractivity contribution in [3.05, 3.63) is 46.5 Å².